The molecule has 1 aliphatic heterocycles. The van der Waals surface area contributed by atoms with Gasteiger partial charge in [0.05, 0.1) is 18.6 Å². The zero-order chi connectivity index (χ0) is 21.7. The molecule has 2 aromatic rings. The lowest BCUT2D eigenvalue weighted by Crippen LogP contribution is -2.36. The molecule has 0 unspecified atom stereocenters. The van der Waals surface area contributed by atoms with Crippen LogP contribution in [0.25, 0.3) is 6.08 Å². The van der Waals surface area contributed by atoms with Gasteiger partial charge in [-0.1, -0.05) is 11.6 Å². The molecular weight excluding hydrogens is 428 g/mol. The predicted molar refractivity (Wildman–Crippen MR) is 117 cm³/mol. The third-order valence-corrected chi connectivity index (χ3v) is 5.25. The number of rotatable bonds is 7. The summed E-state index contributed by atoms with van der Waals surface area (Å²) >= 11 is 6.81. The maximum Gasteiger partial charge on any atom is 0.294 e. The molecule has 0 aliphatic carbocycles. The Kier molecular flexibility index (Phi) is 7.02. The van der Waals surface area contributed by atoms with Gasteiger partial charge in [-0.2, -0.15) is 0 Å². The number of hydrogen-bond acceptors (Lipinski definition) is 6. The summed E-state index contributed by atoms with van der Waals surface area (Å²) in [6.07, 6.45) is 1.54. The van der Waals surface area contributed by atoms with Crippen molar-refractivity contribution >= 4 is 52.2 Å². The maximum atomic E-state index is 12.7. The molecule has 3 rings (SSSR count). The van der Waals surface area contributed by atoms with E-state index in [1.807, 2.05) is 6.92 Å². The van der Waals surface area contributed by atoms with Gasteiger partial charge in [0.2, 0.25) is 5.91 Å². The van der Waals surface area contributed by atoms with Crippen LogP contribution in [0.2, 0.25) is 5.02 Å². The van der Waals surface area contributed by atoms with E-state index in [0.29, 0.717) is 34.4 Å². The summed E-state index contributed by atoms with van der Waals surface area (Å²) in [7, 11) is 1.54. The molecule has 3 amide bonds. The first-order valence-corrected chi connectivity index (χ1v) is 10.2. The lowest BCUT2D eigenvalue weighted by atomic mass is 10.2. The Morgan fingerprint density at radius 1 is 1.20 bits per heavy atom. The highest BCUT2D eigenvalue weighted by molar-refractivity contribution is 8.18. The average Bonchev–Trinajstić information content (AvgIpc) is 2.98. The van der Waals surface area contributed by atoms with Crippen LogP contribution < -0.4 is 14.8 Å². The van der Waals surface area contributed by atoms with E-state index >= 15 is 0 Å². The molecule has 1 fully saturated rings. The number of ether oxygens (including phenoxy) is 2. The van der Waals surface area contributed by atoms with Crippen molar-refractivity contribution in [2.75, 3.05) is 25.6 Å². The first-order valence-electron chi connectivity index (χ1n) is 9.03. The molecule has 0 radical (unpaired) electrons. The molecule has 7 nitrogen and oxygen atoms in total. The number of imide groups is 1. The number of carbonyl (C=O) groups excluding carboxylic acids is 3. The number of hydrogen-bond donors (Lipinski definition) is 1. The van der Waals surface area contributed by atoms with Crippen molar-refractivity contribution in [3.05, 3.63) is 58.0 Å². The quantitative estimate of drug-likeness (QED) is 0.633. The van der Waals surface area contributed by atoms with Crippen molar-refractivity contribution in [3.8, 4) is 11.5 Å². The standard InChI is InChI=1S/C21H19ClN2O5S/c1-3-29-17-9-4-14(22)10-13(17)11-18-20(26)24(21(27)30-18)12-19(25)23-15-5-7-16(28-2)8-6-15/h4-11H,3,12H2,1-2H3,(H,23,25)/b18-11-. The number of thioether (sulfide) groups is 1. The monoisotopic (exact) mass is 446 g/mol. The van der Waals surface area contributed by atoms with E-state index in [1.54, 1.807) is 55.7 Å². The summed E-state index contributed by atoms with van der Waals surface area (Å²) < 4.78 is 10.6. The van der Waals surface area contributed by atoms with Gasteiger partial charge in [-0.25, -0.2) is 0 Å². The number of halogens is 1. The van der Waals surface area contributed by atoms with Crippen LogP contribution in [-0.4, -0.2) is 42.2 Å². The highest BCUT2D eigenvalue weighted by atomic mass is 35.5. The third kappa shape index (κ3) is 5.14. The normalized spacial score (nSPS) is 14.9. The number of carbonyl (C=O) groups is 3. The smallest absolute Gasteiger partial charge is 0.294 e. The fourth-order valence-electron chi connectivity index (χ4n) is 2.72. The number of methoxy groups -OCH3 is 1. The Labute approximate surface area is 183 Å². The van der Waals surface area contributed by atoms with Crippen LogP contribution in [0.3, 0.4) is 0 Å². The van der Waals surface area contributed by atoms with E-state index in [4.69, 9.17) is 21.1 Å². The molecular formula is C21H19ClN2O5S. The van der Waals surface area contributed by atoms with Crippen molar-refractivity contribution in [1.29, 1.82) is 0 Å². The van der Waals surface area contributed by atoms with Gasteiger partial charge in [-0.05, 0) is 67.2 Å². The number of amides is 3. The summed E-state index contributed by atoms with van der Waals surface area (Å²) in [5.74, 6) is 0.168. The van der Waals surface area contributed by atoms with Crippen molar-refractivity contribution in [1.82, 2.24) is 4.90 Å². The largest absolute Gasteiger partial charge is 0.497 e. The minimum atomic E-state index is -0.544. The van der Waals surface area contributed by atoms with Crippen LogP contribution >= 0.6 is 23.4 Å². The topological polar surface area (TPSA) is 84.9 Å². The van der Waals surface area contributed by atoms with Crippen molar-refractivity contribution in [3.63, 3.8) is 0 Å². The second-order valence-corrected chi connectivity index (χ2v) is 7.59. The van der Waals surface area contributed by atoms with Gasteiger partial charge in [0.25, 0.3) is 11.1 Å². The van der Waals surface area contributed by atoms with Gasteiger partial charge in [0.15, 0.2) is 0 Å². The molecule has 1 aliphatic rings. The van der Waals surface area contributed by atoms with Crippen LogP contribution in [0.1, 0.15) is 12.5 Å². The highest BCUT2D eigenvalue weighted by Crippen LogP contribution is 2.34. The van der Waals surface area contributed by atoms with Crippen LogP contribution in [0.4, 0.5) is 10.5 Å². The number of nitrogens with one attached hydrogen (secondary N) is 1. The molecule has 0 saturated carbocycles. The Bertz CT molecular complexity index is 1010. The van der Waals surface area contributed by atoms with E-state index in [2.05, 4.69) is 5.32 Å². The second-order valence-electron chi connectivity index (χ2n) is 6.16. The third-order valence-electron chi connectivity index (χ3n) is 4.11. The molecule has 1 N–H and O–H groups in total. The van der Waals surface area contributed by atoms with Crippen molar-refractivity contribution < 1.29 is 23.9 Å². The first kappa shape index (κ1) is 21.7. The Balaban J connectivity index is 1.72. The van der Waals surface area contributed by atoms with Crippen molar-refractivity contribution in [2.45, 2.75) is 6.92 Å². The van der Waals surface area contributed by atoms with Crippen LogP contribution in [0.5, 0.6) is 11.5 Å². The summed E-state index contributed by atoms with van der Waals surface area (Å²) in [6.45, 7) is 1.89. The van der Waals surface area contributed by atoms with Gasteiger partial charge in [0, 0.05) is 16.3 Å². The van der Waals surface area contributed by atoms with Gasteiger partial charge >= 0.3 is 0 Å². The Hall–Kier alpha value is -2.97. The summed E-state index contributed by atoms with van der Waals surface area (Å²) in [5.41, 5.74) is 1.11. The minimum Gasteiger partial charge on any atom is -0.497 e. The molecule has 0 aromatic heterocycles. The maximum absolute atomic E-state index is 12.7. The zero-order valence-electron chi connectivity index (χ0n) is 16.3. The van der Waals surface area contributed by atoms with Gasteiger partial charge in [-0.3, -0.25) is 19.3 Å². The number of nitrogens with zero attached hydrogens (tertiary/aromatic N) is 1. The van der Waals surface area contributed by atoms with Crippen LogP contribution in [-0.2, 0) is 9.59 Å². The molecule has 2 aromatic carbocycles. The lowest BCUT2D eigenvalue weighted by Gasteiger charge is -2.12. The molecule has 1 heterocycles. The fraction of sp³-hybridized carbons (Fsp3) is 0.190. The SMILES string of the molecule is CCOc1ccc(Cl)cc1/C=C1\SC(=O)N(CC(=O)Nc2ccc(OC)cc2)C1=O. The summed E-state index contributed by atoms with van der Waals surface area (Å²) in [5, 5.41) is 2.61. The van der Waals surface area contributed by atoms with Gasteiger partial charge in [-0.15, -0.1) is 0 Å². The fourth-order valence-corrected chi connectivity index (χ4v) is 3.72. The molecule has 1 saturated heterocycles. The molecule has 0 atom stereocenters. The second kappa shape index (κ2) is 9.69. The summed E-state index contributed by atoms with van der Waals surface area (Å²) in [6, 6.07) is 11.7. The van der Waals surface area contributed by atoms with Crippen molar-refractivity contribution in [2.24, 2.45) is 0 Å². The van der Waals surface area contributed by atoms with Crippen LogP contribution in [0, 0.1) is 0 Å². The van der Waals surface area contributed by atoms with E-state index in [9.17, 15) is 14.4 Å². The van der Waals surface area contributed by atoms with Gasteiger partial charge < -0.3 is 14.8 Å². The predicted octanol–water partition coefficient (Wildman–Crippen LogP) is 4.42. The van der Waals surface area contributed by atoms with E-state index in [-0.39, 0.29) is 11.4 Å². The van der Waals surface area contributed by atoms with E-state index < -0.39 is 17.1 Å². The van der Waals surface area contributed by atoms with Crippen LogP contribution in [0.15, 0.2) is 47.4 Å². The zero-order valence-corrected chi connectivity index (χ0v) is 17.9. The Morgan fingerprint density at radius 2 is 1.93 bits per heavy atom. The molecule has 9 heteroatoms. The lowest BCUT2D eigenvalue weighted by molar-refractivity contribution is -0.127. The molecule has 30 heavy (non-hydrogen) atoms. The van der Waals surface area contributed by atoms with Gasteiger partial charge in [0.1, 0.15) is 18.0 Å². The molecule has 0 spiro atoms. The van der Waals surface area contributed by atoms with E-state index in [0.717, 1.165) is 16.7 Å². The number of benzene rings is 2. The Morgan fingerprint density at radius 3 is 2.60 bits per heavy atom. The van der Waals surface area contributed by atoms with E-state index in [1.165, 1.54) is 0 Å². The molecule has 0 bridgehead atoms. The minimum absolute atomic E-state index is 0.195. The summed E-state index contributed by atoms with van der Waals surface area (Å²) in [4.78, 5) is 38.4. The average molecular weight is 447 g/mol. The molecule has 156 valence electrons. The highest BCUT2D eigenvalue weighted by Gasteiger charge is 2.36. The number of anilines is 1. The first-order chi connectivity index (χ1) is 14.4.